The van der Waals surface area contributed by atoms with Crippen LogP contribution in [0.4, 0.5) is 5.82 Å². The summed E-state index contributed by atoms with van der Waals surface area (Å²) in [6.45, 7) is 0. The minimum atomic E-state index is 0.536. The molecule has 0 saturated heterocycles. The molecule has 0 aliphatic carbocycles. The normalized spacial score (nSPS) is 10.9. The summed E-state index contributed by atoms with van der Waals surface area (Å²) < 4.78 is 1.74. The second-order valence-electron chi connectivity index (χ2n) is 3.72. The highest BCUT2D eigenvalue weighted by Crippen LogP contribution is 2.21. The van der Waals surface area contributed by atoms with Crippen LogP contribution in [0.2, 0.25) is 0 Å². The van der Waals surface area contributed by atoms with Gasteiger partial charge in [-0.2, -0.15) is 5.10 Å². The Morgan fingerprint density at radius 2 is 2.29 bits per heavy atom. The number of hydrogen-bond donors (Lipinski definition) is 3. The third kappa shape index (κ3) is 1.62. The molecule has 0 fully saturated rings. The Bertz CT molecular complexity index is 666. The topological polar surface area (TPSA) is 97.4 Å². The van der Waals surface area contributed by atoms with Crippen LogP contribution in [-0.4, -0.2) is 24.7 Å². The predicted octanol–water partition coefficient (Wildman–Crippen LogP) is 0.644. The maximum Gasteiger partial charge on any atom is 0.159 e. The van der Waals surface area contributed by atoms with Crippen molar-refractivity contribution < 1.29 is 0 Å². The first-order valence-corrected chi connectivity index (χ1v) is 5.07. The van der Waals surface area contributed by atoms with Crippen LogP contribution in [0.1, 0.15) is 0 Å². The smallest absolute Gasteiger partial charge is 0.159 e. The molecule has 0 radical (unpaired) electrons. The lowest BCUT2D eigenvalue weighted by Gasteiger charge is -1.95. The maximum absolute atomic E-state index is 5.29. The summed E-state index contributed by atoms with van der Waals surface area (Å²) in [5.74, 6) is 5.82. The highest BCUT2D eigenvalue weighted by Gasteiger charge is 2.07. The molecule has 3 aromatic heterocycles. The molecule has 3 heterocycles. The van der Waals surface area contributed by atoms with Crippen LogP contribution in [0.15, 0.2) is 24.7 Å². The van der Waals surface area contributed by atoms with Crippen LogP contribution in [0.5, 0.6) is 0 Å². The first kappa shape index (κ1) is 9.79. The van der Waals surface area contributed by atoms with Gasteiger partial charge in [0.05, 0.1) is 18.1 Å². The molecule has 4 N–H and O–H groups in total. The summed E-state index contributed by atoms with van der Waals surface area (Å²) in [6, 6.07) is 1.92. The van der Waals surface area contributed by atoms with Crippen molar-refractivity contribution in [1.29, 1.82) is 0 Å². The standard InChI is InChI=1S/C10H11N7/c1-17-5-6(3-13-17)7-2-8-10(15-7)12-4-9(14-8)16-11/h2-5H,11H2,1H3,(H,12,15)(H,14,16). The molecular weight excluding hydrogens is 218 g/mol. The Balaban J connectivity index is 2.13. The Labute approximate surface area is 96.7 Å². The number of aryl methyl sites for hydroxylation is 1. The highest BCUT2D eigenvalue weighted by atomic mass is 15.3. The minimum absolute atomic E-state index is 0.536. The molecule has 7 heteroatoms. The molecule has 0 aliphatic heterocycles. The first-order chi connectivity index (χ1) is 8.26. The van der Waals surface area contributed by atoms with Gasteiger partial charge in [-0.05, 0) is 6.07 Å². The van der Waals surface area contributed by atoms with E-state index in [1.165, 1.54) is 0 Å². The third-order valence-electron chi connectivity index (χ3n) is 2.50. The number of nitrogens with zero attached hydrogens (tertiary/aromatic N) is 4. The molecule has 7 nitrogen and oxygen atoms in total. The van der Waals surface area contributed by atoms with E-state index in [-0.39, 0.29) is 0 Å². The van der Waals surface area contributed by atoms with Gasteiger partial charge < -0.3 is 10.4 Å². The van der Waals surface area contributed by atoms with Gasteiger partial charge >= 0.3 is 0 Å². The van der Waals surface area contributed by atoms with E-state index < -0.39 is 0 Å². The van der Waals surface area contributed by atoms with E-state index in [1.54, 1.807) is 17.1 Å². The van der Waals surface area contributed by atoms with E-state index in [2.05, 4.69) is 25.5 Å². The van der Waals surface area contributed by atoms with E-state index >= 15 is 0 Å². The molecule has 0 saturated carbocycles. The largest absolute Gasteiger partial charge is 0.338 e. The summed E-state index contributed by atoms with van der Waals surface area (Å²) in [7, 11) is 1.87. The van der Waals surface area contributed by atoms with Crippen LogP contribution in [0.25, 0.3) is 22.4 Å². The maximum atomic E-state index is 5.29. The summed E-state index contributed by atoms with van der Waals surface area (Å²) in [4.78, 5) is 11.7. The molecule has 0 aliphatic rings. The SMILES string of the molecule is Cn1cc(-c2cc3nc(NN)cnc3[nH]2)cn1. The molecule has 3 aromatic rings. The lowest BCUT2D eigenvalue weighted by Crippen LogP contribution is -2.08. The summed E-state index contributed by atoms with van der Waals surface area (Å²) in [5, 5.41) is 4.12. The van der Waals surface area contributed by atoms with E-state index in [0.29, 0.717) is 5.82 Å². The van der Waals surface area contributed by atoms with Crippen LogP contribution < -0.4 is 11.3 Å². The van der Waals surface area contributed by atoms with Gasteiger partial charge in [-0.15, -0.1) is 0 Å². The second-order valence-corrected chi connectivity index (χ2v) is 3.72. The van der Waals surface area contributed by atoms with Crippen molar-refractivity contribution >= 4 is 17.0 Å². The average Bonchev–Trinajstić information content (AvgIpc) is 2.93. The van der Waals surface area contributed by atoms with Crippen LogP contribution in [0, 0.1) is 0 Å². The number of nitrogen functional groups attached to an aromatic ring is 1. The fraction of sp³-hybridized carbons (Fsp3) is 0.100. The van der Waals surface area contributed by atoms with E-state index in [4.69, 9.17) is 5.84 Å². The Hall–Kier alpha value is -2.41. The van der Waals surface area contributed by atoms with Gasteiger partial charge in [-0.1, -0.05) is 0 Å². The van der Waals surface area contributed by atoms with Crippen molar-refractivity contribution in [3.63, 3.8) is 0 Å². The van der Waals surface area contributed by atoms with Crippen LogP contribution in [0.3, 0.4) is 0 Å². The van der Waals surface area contributed by atoms with Gasteiger partial charge in [0.15, 0.2) is 11.5 Å². The third-order valence-corrected chi connectivity index (χ3v) is 2.50. The number of H-pyrrole nitrogens is 1. The number of aromatic nitrogens is 5. The fourth-order valence-electron chi connectivity index (χ4n) is 1.69. The summed E-state index contributed by atoms with van der Waals surface area (Å²) >= 11 is 0. The van der Waals surface area contributed by atoms with Crippen molar-refractivity contribution in [3.8, 4) is 11.3 Å². The number of hydrazine groups is 1. The first-order valence-electron chi connectivity index (χ1n) is 5.07. The Kier molecular flexibility index (Phi) is 2.05. The number of hydrogen-bond acceptors (Lipinski definition) is 5. The van der Waals surface area contributed by atoms with Gasteiger partial charge in [-0.25, -0.2) is 15.8 Å². The van der Waals surface area contributed by atoms with E-state index in [9.17, 15) is 0 Å². The van der Waals surface area contributed by atoms with Gasteiger partial charge in [0.1, 0.15) is 5.52 Å². The zero-order valence-corrected chi connectivity index (χ0v) is 9.18. The summed E-state index contributed by atoms with van der Waals surface area (Å²) in [5.41, 5.74) is 5.88. The number of anilines is 1. The van der Waals surface area contributed by atoms with Gasteiger partial charge in [0.2, 0.25) is 0 Å². The number of nitrogens with one attached hydrogen (secondary N) is 2. The quantitative estimate of drug-likeness (QED) is 0.442. The monoisotopic (exact) mass is 229 g/mol. The van der Waals surface area contributed by atoms with Crippen molar-refractivity contribution in [2.75, 3.05) is 5.43 Å². The fourth-order valence-corrected chi connectivity index (χ4v) is 1.69. The molecule has 3 rings (SSSR count). The Morgan fingerprint density at radius 1 is 1.41 bits per heavy atom. The summed E-state index contributed by atoms with van der Waals surface area (Å²) in [6.07, 6.45) is 5.28. The number of aromatic amines is 1. The molecule has 0 aromatic carbocycles. The molecule has 0 unspecified atom stereocenters. The molecule has 0 atom stereocenters. The van der Waals surface area contributed by atoms with E-state index in [1.807, 2.05) is 19.3 Å². The highest BCUT2D eigenvalue weighted by molar-refractivity contribution is 5.80. The van der Waals surface area contributed by atoms with Crippen molar-refractivity contribution in [3.05, 3.63) is 24.7 Å². The average molecular weight is 229 g/mol. The van der Waals surface area contributed by atoms with Gasteiger partial charge in [-0.3, -0.25) is 4.68 Å². The van der Waals surface area contributed by atoms with Crippen molar-refractivity contribution in [2.24, 2.45) is 12.9 Å². The molecule has 0 amide bonds. The lowest BCUT2D eigenvalue weighted by molar-refractivity contribution is 0.768. The van der Waals surface area contributed by atoms with Crippen molar-refractivity contribution in [1.82, 2.24) is 24.7 Å². The zero-order chi connectivity index (χ0) is 11.8. The van der Waals surface area contributed by atoms with E-state index in [0.717, 1.165) is 22.4 Å². The molecule has 0 bridgehead atoms. The van der Waals surface area contributed by atoms with Crippen LogP contribution in [-0.2, 0) is 7.05 Å². The Morgan fingerprint density at radius 3 is 3.00 bits per heavy atom. The number of rotatable bonds is 2. The van der Waals surface area contributed by atoms with Gasteiger partial charge in [0.25, 0.3) is 0 Å². The minimum Gasteiger partial charge on any atom is -0.338 e. The van der Waals surface area contributed by atoms with Crippen LogP contribution >= 0.6 is 0 Å². The molecule has 0 spiro atoms. The predicted molar refractivity (Wildman–Crippen MR) is 63.9 cm³/mol. The molecule has 86 valence electrons. The lowest BCUT2D eigenvalue weighted by atomic mass is 10.2. The molecule has 17 heavy (non-hydrogen) atoms. The van der Waals surface area contributed by atoms with Gasteiger partial charge in [0, 0.05) is 18.8 Å². The second kappa shape index (κ2) is 3.56. The number of nitrogens with two attached hydrogens (primary N) is 1. The molecular formula is C10H11N7. The zero-order valence-electron chi connectivity index (χ0n) is 9.18. The van der Waals surface area contributed by atoms with Crippen molar-refractivity contribution in [2.45, 2.75) is 0 Å². The number of fused-ring (bicyclic) bond motifs is 1.